The first-order valence-electron chi connectivity index (χ1n) is 9.68. The molecule has 0 heterocycles. The Balaban J connectivity index is 1.75. The molecular weight excluding hydrogens is 372 g/mol. The highest BCUT2D eigenvalue weighted by Crippen LogP contribution is 2.28. The van der Waals surface area contributed by atoms with E-state index in [0.717, 1.165) is 23.6 Å². The van der Waals surface area contributed by atoms with E-state index in [4.69, 9.17) is 9.47 Å². The average molecular weight is 398 g/mol. The van der Waals surface area contributed by atoms with Gasteiger partial charge < -0.3 is 14.8 Å². The van der Waals surface area contributed by atoms with E-state index >= 15 is 0 Å². The first kappa shape index (κ1) is 20.6. The van der Waals surface area contributed by atoms with Crippen molar-refractivity contribution in [3.8, 4) is 0 Å². The van der Waals surface area contributed by atoms with Crippen LogP contribution in [0.15, 0.2) is 36.4 Å². The molecule has 1 aliphatic carbocycles. The van der Waals surface area contributed by atoms with Gasteiger partial charge in [0, 0.05) is 0 Å². The molecule has 154 valence electrons. The summed E-state index contributed by atoms with van der Waals surface area (Å²) in [5, 5.41) is 6.90. The van der Waals surface area contributed by atoms with Crippen molar-refractivity contribution in [3.05, 3.63) is 42.0 Å². The van der Waals surface area contributed by atoms with E-state index in [1.165, 1.54) is 0 Å². The van der Waals surface area contributed by atoms with E-state index in [9.17, 15) is 14.4 Å². The number of carbonyl (C=O) groups is 3. The van der Waals surface area contributed by atoms with Crippen molar-refractivity contribution >= 4 is 34.4 Å². The Morgan fingerprint density at radius 1 is 1.07 bits per heavy atom. The molecule has 2 aromatic rings. The topological polar surface area (TPSA) is 93.7 Å². The lowest BCUT2D eigenvalue weighted by molar-refractivity contribution is -0.142. The first-order chi connectivity index (χ1) is 13.7. The van der Waals surface area contributed by atoms with Crippen molar-refractivity contribution in [1.82, 2.24) is 5.32 Å². The lowest BCUT2D eigenvalue weighted by Gasteiger charge is -2.20. The number of amides is 2. The van der Waals surface area contributed by atoms with Crippen LogP contribution in [-0.4, -0.2) is 36.7 Å². The molecule has 7 nitrogen and oxygen atoms in total. The summed E-state index contributed by atoms with van der Waals surface area (Å²) in [6, 6.07) is 10.9. The summed E-state index contributed by atoms with van der Waals surface area (Å²) in [4.78, 5) is 36.8. The number of nitrogens with one attached hydrogen (secondary N) is 2. The number of ether oxygens (including phenoxy) is 2. The van der Waals surface area contributed by atoms with Crippen LogP contribution in [0.4, 0.5) is 10.5 Å². The van der Waals surface area contributed by atoms with E-state index in [1.54, 1.807) is 32.9 Å². The molecule has 2 aromatic carbocycles. The van der Waals surface area contributed by atoms with Gasteiger partial charge in [-0.25, -0.2) is 4.79 Å². The SMILES string of the molecule is CC(C)(C)OC(=O)Nc1cc2ccccc2cc1C(=O)NCC(=O)OCC1CC1. The molecule has 2 amide bonds. The maximum absolute atomic E-state index is 12.7. The summed E-state index contributed by atoms with van der Waals surface area (Å²) in [5.74, 6) is -0.502. The number of rotatable bonds is 6. The number of fused-ring (bicyclic) bond motifs is 1. The molecule has 0 saturated heterocycles. The van der Waals surface area contributed by atoms with Crippen LogP contribution in [-0.2, 0) is 14.3 Å². The van der Waals surface area contributed by atoms with E-state index in [1.807, 2.05) is 24.3 Å². The third kappa shape index (κ3) is 6.20. The Labute approximate surface area is 169 Å². The minimum absolute atomic E-state index is 0.232. The Morgan fingerprint density at radius 3 is 2.34 bits per heavy atom. The van der Waals surface area contributed by atoms with Gasteiger partial charge in [-0.1, -0.05) is 24.3 Å². The van der Waals surface area contributed by atoms with E-state index in [-0.39, 0.29) is 12.1 Å². The molecule has 0 aromatic heterocycles. The van der Waals surface area contributed by atoms with Gasteiger partial charge in [0.25, 0.3) is 5.91 Å². The third-order valence-electron chi connectivity index (χ3n) is 4.34. The van der Waals surface area contributed by atoms with Crippen LogP contribution >= 0.6 is 0 Å². The smallest absolute Gasteiger partial charge is 0.412 e. The molecule has 2 N–H and O–H groups in total. The molecule has 1 aliphatic rings. The first-order valence-corrected chi connectivity index (χ1v) is 9.68. The summed E-state index contributed by atoms with van der Waals surface area (Å²) < 4.78 is 10.4. The number of anilines is 1. The standard InChI is InChI=1S/C22H26N2O5/c1-22(2,3)29-21(27)24-18-11-16-7-5-4-6-15(16)10-17(18)20(26)23-12-19(25)28-13-14-8-9-14/h4-7,10-11,14H,8-9,12-13H2,1-3H3,(H,23,26)(H,24,27). The average Bonchev–Trinajstić information content (AvgIpc) is 3.46. The third-order valence-corrected chi connectivity index (χ3v) is 4.34. The fourth-order valence-corrected chi connectivity index (χ4v) is 2.74. The van der Waals surface area contributed by atoms with Crippen LogP contribution in [0.5, 0.6) is 0 Å². The Hall–Kier alpha value is -3.09. The maximum Gasteiger partial charge on any atom is 0.412 e. The summed E-state index contributed by atoms with van der Waals surface area (Å²) >= 11 is 0. The molecule has 1 saturated carbocycles. The summed E-state index contributed by atoms with van der Waals surface area (Å²) in [5.41, 5.74) is -0.124. The van der Waals surface area contributed by atoms with Gasteiger partial charge in [0.05, 0.1) is 17.9 Å². The van der Waals surface area contributed by atoms with Crippen molar-refractivity contribution in [1.29, 1.82) is 0 Å². The van der Waals surface area contributed by atoms with Gasteiger partial charge in [0.15, 0.2) is 0 Å². The van der Waals surface area contributed by atoms with Gasteiger partial charge in [0.2, 0.25) is 0 Å². The van der Waals surface area contributed by atoms with Gasteiger partial charge in [-0.2, -0.15) is 0 Å². The molecule has 0 spiro atoms. The number of carbonyl (C=O) groups excluding carboxylic acids is 3. The zero-order valence-electron chi connectivity index (χ0n) is 16.9. The quantitative estimate of drug-likeness (QED) is 0.721. The molecule has 0 atom stereocenters. The Morgan fingerprint density at radius 2 is 1.72 bits per heavy atom. The van der Waals surface area contributed by atoms with Gasteiger partial charge in [0.1, 0.15) is 12.1 Å². The van der Waals surface area contributed by atoms with Gasteiger partial charge >= 0.3 is 12.1 Å². The summed E-state index contributed by atoms with van der Waals surface area (Å²) in [7, 11) is 0. The lowest BCUT2D eigenvalue weighted by Crippen LogP contribution is -2.32. The molecule has 29 heavy (non-hydrogen) atoms. The fourth-order valence-electron chi connectivity index (χ4n) is 2.74. The minimum Gasteiger partial charge on any atom is -0.464 e. The Bertz CT molecular complexity index is 928. The number of esters is 1. The lowest BCUT2D eigenvalue weighted by atomic mass is 10.0. The van der Waals surface area contributed by atoms with Gasteiger partial charge in [-0.3, -0.25) is 14.9 Å². The van der Waals surface area contributed by atoms with Crippen molar-refractivity contribution in [2.45, 2.75) is 39.2 Å². The zero-order valence-corrected chi connectivity index (χ0v) is 16.9. The molecule has 1 fully saturated rings. The van der Waals surface area contributed by atoms with Crippen LogP contribution in [0.3, 0.4) is 0 Å². The predicted molar refractivity (Wildman–Crippen MR) is 110 cm³/mol. The van der Waals surface area contributed by atoms with Crippen molar-refractivity contribution in [2.24, 2.45) is 5.92 Å². The molecule has 0 bridgehead atoms. The van der Waals surface area contributed by atoms with Crippen LogP contribution in [0.25, 0.3) is 10.8 Å². The molecule has 0 radical (unpaired) electrons. The van der Waals surface area contributed by atoms with Crippen molar-refractivity contribution in [3.63, 3.8) is 0 Å². The largest absolute Gasteiger partial charge is 0.464 e. The van der Waals surface area contributed by atoms with Crippen molar-refractivity contribution in [2.75, 3.05) is 18.5 Å². The molecule has 0 aliphatic heterocycles. The minimum atomic E-state index is -0.672. The normalized spacial score (nSPS) is 13.6. The van der Waals surface area contributed by atoms with Gasteiger partial charge in [-0.05, 0) is 62.4 Å². The van der Waals surface area contributed by atoms with Crippen LogP contribution in [0, 0.1) is 5.92 Å². The highest BCUT2D eigenvalue weighted by molar-refractivity contribution is 6.07. The second-order valence-corrected chi connectivity index (χ2v) is 8.18. The predicted octanol–water partition coefficient (Wildman–Crippen LogP) is 3.87. The second-order valence-electron chi connectivity index (χ2n) is 8.18. The van der Waals surface area contributed by atoms with Crippen LogP contribution in [0.1, 0.15) is 44.0 Å². The van der Waals surface area contributed by atoms with Crippen LogP contribution in [0.2, 0.25) is 0 Å². The number of hydrogen-bond donors (Lipinski definition) is 2. The molecule has 7 heteroatoms. The highest BCUT2D eigenvalue weighted by atomic mass is 16.6. The van der Waals surface area contributed by atoms with E-state index < -0.39 is 23.6 Å². The molecule has 0 unspecified atom stereocenters. The number of hydrogen-bond acceptors (Lipinski definition) is 5. The summed E-state index contributed by atoms with van der Waals surface area (Å²) in [6.45, 7) is 5.44. The highest BCUT2D eigenvalue weighted by Gasteiger charge is 2.23. The molecule has 3 rings (SSSR count). The molecular formula is C22H26N2O5. The monoisotopic (exact) mass is 398 g/mol. The second kappa shape index (κ2) is 8.51. The zero-order chi connectivity index (χ0) is 21.0. The number of benzene rings is 2. The van der Waals surface area contributed by atoms with Crippen molar-refractivity contribution < 1.29 is 23.9 Å². The van der Waals surface area contributed by atoms with E-state index in [0.29, 0.717) is 18.2 Å². The van der Waals surface area contributed by atoms with E-state index in [2.05, 4.69) is 10.6 Å². The fraction of sp³-hybridized carbons (Fsp3) is 0.409. The maximum atomic E-state index is 12.7. The summed E-state index contributed by atoms with van der Waals surface area (Å²) in [6.07, 6.45) is 1.50. The van der Waals surface area contributed by atoms with Gasteiger partial charge in [-0.15, -0.1) is 0 Å². The Kier molecular flexibility index (Phi) is 6.06. The van der Waals surface area contributed by atoms with Crippen LogP contribution < -0.4 is 10.6 Å².